The molecule has 0 aromatic rings. The Kier molecular flexibility index (Phi) is 5.08. The Morgan fingerprint density at radius 2 is 1.85 bits per heavy atom. The van der Waals surface area contributed by atoms with Gasteiger partial charge < -0.3 is 14.7 Å². The maximum absolute atomic E-state index is 11.5. The third kappa shape index (κ3) is 3.34. The fourth-order valence-corrected chi connectivity index (χ4v) is 3.75. The molecule has 1 aliphatic carbocycles. The first-order valence-corrected chi connectivity index (χ1v) is 7.95. The Balaban J connectivity index is 1.92. The van der Waals surface area contributed by atoms with Crippen LogP contribution in [0.4, 0.5) is 0 Å². The van der Waals surface area contributed by atoms with E-state index in [0.29, 0.717) is 12.1 Å². The quantitative estimate of drug-likeness (QED) is 0.862. The number of rotatable bonds is 4. The van der Waals surface area contributed by atoms with Gasteiger partial charge in [-0.25, -0.2) is 0 Å². The van der Waals surface area contributed by atoms with Crippen LogP contribution in [0.5, 0.6) is 0 Å². The summed E-state index contributed by atoms with van der Waals surface area (Å²) in [6.07, 6.45) is 7.28. The lowest BCUT2D eigenvalue weighted by atomic mass is 9.74. The summed E-state index contributed by atoms with van der Waals surface area (Å²) in [5.74, 6) is -0.388. The van der Waals surface area contributed by atoms with E-state index >= 15 is 0 Å². The third-order valence-corrected chi connectivity index (χ3v) is 5.52. The van der Waals surface area contributed by atoms with E-state index < -0.39 is 11.4 Å². The molecule has 20 heavy (non-hydrogen) atoms. The van der Waals surface area contributed by atoms with Crippen molar-refractivity contribution in [3.05, 3.63) is 0 Å². The number of hydrogen-bond acceptors (Lipinski definition) is 3. The van der Waals surface area contributed by atoms with Gasteiger partial charge in [-0.3, -0.25) is 4.79 Å². The smallest absolute Gasteiger partial charge is 0.309 e. The van der Waals surface area contributed by atoms with Crippen molar-refractivity contribution in [2.45, 2.75) is 64.5 Å². The molecule has 0 spiro atoms. The first-order chi connectivity index (χ1) is 9.45. The molecule has 0 radical (unpaired) electrons. The first-order valence-electron chi connectivity index (χ1n) is 7.95. The molecule has 1 heterocycles. The number of methoxy groups -OCH3 is 1. The Hall–Kier alpha value is -0.610. The number of carboxylic acid groups (broad SMARTS) is 1. The van der Waals surface area contributed by atoms with Gasteiger partial charge in [0.1, 0.15) is 0 Å². The normalized spacial score (nSPS) is 33.0. The van der Waals surface area contributed by atoms with Crippen molar-refractivity contribution in [3.63, 3.8) is 0 Å². The molecule has 1 aliphatic heterocycles. The summed E-state index contributed by atoms with van der Waals surface area (Å²) >= 11 is 0. The van der Waals surface area contributed by atoms with Gasteiger partial charge in [-0.1, -0.05) is 0 Å². The fraction of sp³-hybridized carbons (Fsp3) is 0.938. The van der Waals surface area contributed by atoms with Gasteiger partial charge >= 0.3 is 5.97 Å². The highest BCUT2D eigenvalue weighted by Gasteiger charge is 2.40. The zero-order valence-corrected chi connectivity index (χ0v) is 13.1. The molecule has 1 saturated carbocycles. The zero-order valence-electron chi connectivity index (χ0n) is 13.1. The molecule has 2 fully saturated rings. The molecular formula is C16H29NO3. The van der Waals surface area contributed by atoms with E-state index in [1.807, 2.05) is 13.8 Å². The van der Waals surface area contributed by atoms with Crippen molar-refractivity contribution in [3.8, 4) is 0 Å². The largest absolute Gasteiger partial charge is 0.481 e. The van der Waals surface area contributed by atoms with E-state index in [1.54, 1.807) is 7.11 Å². The van der Waals surface area contributed by atoms with Gasteiger partial charge in [0.15, 0.2) is 0 Å². The number of likely N-dealkylation sites (tertiary alicyclic amines) is 1. The summed E-state index contributed by atoms with van der Waals surface area (Å²) < 4.78 is 5.44. The number of aliphatic carboxylic acids is 1. The fourth-order valence-electron chi connectivity index (χ4n) is 3.75. The minimum atomic E-state index is -0.660. The molecule has 4 heteroatoms. The minimum Gasteiger partial charge on any atom is -0.481 e. The van der Waals surface area contributed by atoms with E-state index in [9.17, 15) is 9.90 Å². The molecule has 0 amide bonds. The lowest BCUT2D eigenvalue weighted by Gasteiger charge is -2.44. The average molecular weight is 283 g/mol. The maximum atomic E-state index is 11.5. The predicted octanol–water partition coefficient (Wildman–Crippen LogP) is 2.77. The summed E-state index contributed by atoms with van der Waals surface area (Å²) in [6, 6.07) is 0.633. The summed E-state index contributed by atoms with van der Waals surface area (Å²) in [6.45, 7) is 5.84. The summed E-state index contributed by atoms with van der Waals surface area (Å²) in [7, 11) is 1.80. The van der Waals surface area contributed by atoms with E-state index in [-0.39, 0.29) is 5.92 Å². The van der Waals surface area contributed by atoms with Crippen molar-refractivity contribution >= 4 is 5.97 Å². The van der Waals surface area contributed by atoms with Crippen molar-refractivity contribution in [2.24, 2.45) is 11.3 Å². The van der Waals surface area contributed by atoms with Gasteiger partial charge in [0.25, 0.3) is 0 Å². The third-order valence-electron chi connectivity index (χ3n) is 5.52. The summed E-state index contributed by atoms with van der Waals surface area (Å²) in [5.41, 5.74) is -0.609. The molecule has 0 aromatic heterocycles. The highest BCUT2D eigenvalue weighted by Crippen LogP contribution is 2.36. The van der Waals surface area contributed by atoms with Gasteiger partial charge in [0, 0.05) is 19.7 Å². The minimum absolute atomic E-state index is 0.272. The summed E-state index contributed by atoms with van der Waals surface area (Å²) in [4.78, 5) is 14.0. The highest BCUT2D eigenvalue weighted by molar-refractivity contribution is 5.74. The molecule has 116 valence electrons. The molecule has 2 rings (SSSR count). The number of carbonyl (C=O) groups is 1. The Labute approximate surface area is 122 Å². The Bertz CT molecular complexity index is 335. The predicted molar refractivity (Wildman–Crippen MR) is 78.8 cm³/mol. The highest BCUT2D eigenvalue weighted by atomic mass is 16.5. The number of piperidine rings is 1. The van der Waals surface area contributed by atoms with Crippen LogP contribution in [0, 0.1) is 11.3 Å². The van der Waals surface area contributed by atoms with Gasteiger partial charge in [0.05, 0.1) is 11.5 Å². The second-order valence-electron chi connectivity index (χ2n) is 7.03. The number of carboxylic acids is 1. The topological polar surface area (TPSA) is 49.8 Å². The molecule has 1 unspecified atom stereocenters. The number of hydrogen-bond donors (Lipinski definition) is 1. The molecule has 1 saturated heterocycles. The van der Waals surface area contributed by atoms with E-state index in [1.165, 1.54) is 12.8 Å². The van der Waals surface area contributed by atoms with Crippen molar-refractivity contribution in [1.82, 2.24) is 4.90 Å². The Morgan fingerprint density at radius 3 is 2.40 bits per heavy atom. The van der Waals surface area contributed by atoms with Crippen molar-refractivity contribution in [1.29, 1.82) is 0 Å². The lowest BCUT2D eigenvalue weighted by Crippen LogP contribution is -2.49. The molecule has 4 nitrogen and oxygen atoms in total. The number of nitrogens with zero attached hydrogens (tertiary/aromatic N) is 1. The van der Waals surface area contributed by atoms with Crippen LogP contribution in [0.2, 0.25) is 0 Å². The van der Waals surface area contributed by atoms with Crippen molar-refractivity contribution < 1.29 is 14.6 Å². The monoisotopic (exact) mass is 283 g/mol. The van der Waals surface area contributed by atoms with Crippen LogP contribution < -0.4 is 0 Å². The second-order valence-corrected chi connectivity index (χ2v) is 7.03. The van der Waals surface area contributed by atoms with Crippen LogP contribution in [0.15, 0.2) is 0 Å². The van der Waals surface area contributed by atoms with Gasteiger partial charge in [-0.15, -0.1) is 0 Å². The molecule has 0 bridgehead atoms. The number of ether oxygens (including phenoxy) is 1. The molecule has 2 aliphatic rings. The van der Waals surface area contributed by atoms with Crippen molar-refractivity contribution in [2.75, 3.05) is 20.2 Å². The van der Waals surface area contributed by atoms with Crippen LogP contribution >= 0.6 is 0 Å². The molecule has 0 aromatic carbocycles. The first kappa shape index (κ1) is 15.8. The SMILES string of the molecule is COC1CCC(N2CCCC(C(C)(C)C(=O)O)C2)CC1. The second kappa shape index (κ2) is 6.44. The maximum Gasteiger partial charge on any atom is 0.309 e. The van der Waals surface area contributed by atoms with Gasteiger partial charge in [-0.05, 0) is 64.8 Å². The van der Waals surface area contributed by atoms with E-state index in [0.717, 1.165) is 38.8 Å². The molecule has 1 N–H and O–H groups in total. The van der Waals surface area contributed by atoms with E-state index in [4.69, 9.17) is 4.74 Å². The molecular weight excluding hydrogens is 254 g/mol. The standard InChI is InChI=1S/C16H29NO3/c1-16(2,15(18)19)12-5-4-10-17(11-12)13-6-8-14(20-3)9-7-13/h12-14H,4-11H2,1-3H3,(H,18,19). The van der Waals surface area contributed by atoms with Crippen LogP contribution in [0.1, 0.15) is 52.4 Å². The van der Waals surface area contributed by atoms with Gasteiger partial charge in [0.2, 0.25) is 0 Å². The van der Waals surface area contributed by atoms with E-state index in [2.05, 4.69) is 4.90 Å². The lowest BCUT2D eigenvalue weighted by molar-refractivity contribution is -0.151. The van der Waals surface area contributed by atoms with Crippen LogP contribution in [0.25, 0.3) is 0 Å². The van der Waals surface area contributed by atoms with Crippen LogP contribution in [-0.4, -0.2) is 48.3 Å². The Morgan fingerprint density at radius 1 is 1.20 bits per heavy atom. The van der Waals surface area contributed by atoms with Crippen LogP contribution in [0.3, 0.4) is 0 Å². The zero-order chi connectivity index (χ0) is 14.8. The average Bonchev–Trinajstić information content (AvgIpc) is 2.47. The van der Waals surface area contributed by atoms with Gasteiger partial charge in [-0.2, -0.15) is 0 Å². The summed E-state index contributed by atoms with van der Waals surface area (Å²) in [5, 5.41) is 9.42. The molecule has 1 atom stereocenters. The van der Waals surface area contributed by atoms with Crippen LogP contribution in [-0.2, 0) is 9.53 Å².